The van der Waals surface area contributed by atoms with E-state index in [9.17, 15) is 8.78 Å². The third-order valence-electron chi connectivity index (χ3n) is 3.32. The maximum absolute atomic E-state index is 14.1. The zero-order valence-corrected chi connectivity index (χ0v) is 12.8. The SMILES string of the molecule is CCNC(Cc1cnn(CC)c1)c1cc(F)c(Cl)cc1F. The molecule has 1 atom stereocenters. The number of rotatable bonds is 6. The topological polar surface area (TPSA) is 29.9 Å². The van der Waals surface area contributed by atoms with Gasteiger partial charge in [0.15, 0.2) is 0 Å². The third kappa shape index (κ3) is 3.80. The molecule has 0 saturated carbocycles. The first-order valence-electron chi connectivity index (χ1n) is 6.94. The van der Waals surface area contributed by atoms with E-state index in [4.69, 9.17) is 11.6 Å². The fraction of sp³-hybridized carbons (Fsp3) is 0.400. The van der Waals surface area contributed by atoms with Crippen LogP contribution in [0.2, 0.25) is 5.02 Å². The van der Waals surface area contributed by atoms with Crippen LogP contribution in [0.1, 0.15) is 31.0 Å². The number of hydrogen-bond donors (Lipinski definition) is 1. The van der Waals surface area contributed by atoms with Crippen molar-refractivity contribution in [2.24, 2.45) is 0 Å². The number of halogens is 3. The first kappa shape index (κ1) is 15.9. The number of hydrogen-bond acceptors (Lipinski definition) is 2. The van der Waals surface area contributed by atoms with Gasteiger partial charge in [-0.15, -0.1) is 0 Å². The molecule has 0 aliphatic rings. The van der Waals surface area contributed by atoms with Crippen LogP contribution >= 0.6 is 11.6 Å². The Balaban J connectivity index is 2.28. The molecule has 1 unspecified atom stereocenters. The molecule has 2 aromatic rings. The number of nitrogens with one attached hydrogen (secondary N) is 1. The van der Waals surface area contributed by atoms with Gasteiger partial charge in [0.25, 0.3) is 0 Å². The highest BCUT2D eigenvalue weighted by Gasteiger charge is 2.18. The molecule has 1 N–H and O–H groups in total. The summed E-state index contributed by atoms with van der Waals surface area (Å²) in [4.78, 5) is 0. The lowest BCUT2D eigenvalue weighted by atomic mass is 10.00. The number of aromatic nitrogens is 2. The van der Waals surface area contributed by atoms with Crippen molar-refractivity contribution in [2.45, 2.75) is 32.9 Å². The minimum Gasteiger partial charge on any atom is -0.310 e. The van der Waals surface area contributed by atoms with Crippen LogP contribution in [-0.2, 0) is 13.0 Å². The van der Waals surface area contributed by atoms with Gasteiger partial charge in [-0.2, -0.15) is 5.10 Å². The van der Waals surface area contributed by atoms with Gasteiger partial charge in [0.1, 0.15) is 11.6 Å². The van der Waals surface area contributed by atoms with Crippen molar-refractivity contribution in [3.8, 4) is 0 Å². The molecule has 6 heteroatoms. The predicted molar refractivity (Wildman–Crippen MR) is 79.4 cm³/mol. The molecule has 0 amide bonds. The normalized spacial score (nSPS) is 12.6. The molecule has 3 nitrogen and oxygen atoms in total. The van der Waals surface area contributed by atoms with Gasteiger partial charge in [0.05, 0.1) is 11.2 Å². The molecule has 0 spiro atoms. The van der Waals surface area contributed by atoms with Crippen molar-refractivity contribution in [1.29, 1.82) is 0 Å². The maximum Gasteiger partial charge on any atom is 0.142 e. The Morgan fingerprint density at radius 1 is 1.29 bits per heavy atom. The monoisotopic (exact) mass is 313 g/mol. The predicted octanol–water partition coefficient (Wildman–Crippen LogP) is 3.73. The lowest BCUT2D eigenvalue weighted by Gasteiger charge is -2.18. The lowest BCUT2D eigenvalue weighted by molar-refractivity contribution is 0.502. The van der Waals surface area contributed by atoms with E-state index >= 15 is 0 Å². The molecule has 1 heterocycles. The highest BCUT2D eigenvalue weighted by Crippen LogP contribution is 2.26. The van der Waals surface area contributed by atoms with Gasteiger partial charge in [-0.1, -0.05) is 18.5 Å². The van der Waals surface area contributed by atoms with E-state index in [1.807, 2.05) is 20.0 Å². The fourth-order valence-electron chi connectivity index (χ4n) is 2.26. The van der Waals surface area contributed by atoms with Gasteiger partial charge in [-0.25, -0.2) is 8.78 Å². The average Bonchev–Trinajstić information content (AvgIpc) is 2.90. The summed E-state index contributed by atoms with van der Waals surface area (Å²) in [6.07, 6.45) is 4.19. The summed E-state index contributed by atoms with van der Waals surface area (Å²) in [6, 6.07) is 1.86. The fourth-order valence-corrected chi connectivity index (χ4v) is 2.41. The van der Waals surface area contributed by atoms with E-state index in [-0.39, 0.29) is 16.6 Å². The van der Waals surface area contributed by atoms with Crippen LogP contribution in [-0.4, -0.2) is 16.3 Å². The van der Waals surface area contributed by atoms with Crippen molar-refractivity contribution in [3.05, 3.63) is 52.3 Å². The van der Waals surface area contributed by atoms with Crippen LogP contribution in [0.3, 0.4) is 0 Å². The van der Waals surface area contributed by atoms with Crippen LogP contribution in [0, 0.1) is 11.6 Å². The van der Waals surface area contributed by atoms with E-state index in [1.165, 1.54) is 0 Å². The van der Waals surface area contributed by atoms with Gasteiger partial charge >= 0.3 is 0 Å². The number of aryl methyl sites for hydroxylation is 1. The molecule has 114 valence electrons. The van der Waals surface area contributed by atoms with Crippen molar-refractivity contribution in [2.75, 3.05) is 6.54 Å². The Labute approximate surface area is 127 Å². The molecule has 0 saturated heterocycles. The van der Waals surface area contributed by atoms with Crippen LogP contribution in [0.15, 0.2) is 24.5 Å². The Morgan fingerprint density at radius 3 is 2.67 bits per heavy atom. The van der Waals surface area contributed by atoms with Crippen molar-refractivity contribution in [3.63, 3.8) is 0 Å². The highest BCUT2D eigenvalue weighted by atomic mass is 35.5. The summed E-state index contributed by atoms with van der Waals surface area (Å²) < 4.78 is 29.5. The lowest BCUT2D eigenvalue weighted by Crippen LogP contribution is -2.24. The third-order valence-corrected chi connectivity index (χ3v) is 3.61. The standard InChI is InChI=1S/C15H18ClF2N3/c1-3-19-15(5-10-8-20-21(4-2)9-10)11-6-14(18)12(16)7-13(11)17/h6-9,15,19H,3-5H2,1-2H3. The second-order valence-corrected chi connectivity index (χ2v) is 5.21. The molecular formula is C15H18ClF2N3. The molecule has 0 aliphatic heterocycles. The molecule has 1 aromatic carbocycles. The molecule has 0 aliphatic carbocycles. The summed E-state index contributed by atoms with van der Waals surface area (Å²) in [5.41, 5.74) is 1.25. The Kier molecular flexibility index (Phi) is 5.31. The smallest absolute Gasteiger partial charge is 0.142 e. The van der Waals surface area contributed by atoms with Crippen LogP contribution in [0.4, 0.5) is 8.78 Å². The number of nitrogens with zero attached hydrogens (tertiary/aromatic N) is 2. The first-order chi connectivity index (χ1) is 10.0. The summed E-state index contributed by atoms with van der Waals surface area (Å²) in [6.45, 7) is 5.34. The average molecular weight is 314 g/mol. The van der Waals surface area contributed by atoms with E-state index in [0.29, 0.717) is 13.0 Å². The number of likely N-dealkylation sites (N-methyl/N-ethyl adjacent to an activating group) is 1. The molecule has 0 radical (unpaired) electrons. The molecule has 2 rings (SSSR count). The quantitative estimate of drug-likeness (QED) is 0.824. The minimum absolute atomic E-state index is 0.203. The molecule has 1 aromatic heterocycles. The van der Waals surface area contributed by atoms with Crippen LogP contribution in [0.25, 0.3) is 0 Å². The van der Waals surface area contributed by atoms with E-state index in [2.05, 4.69) is 10.4 Å². The molecule has 0 bridgehead atoms. The summed E-state index contributed by atoms with van der Waals surface area (Å²) in [5.74, 6) is -1.12. The molecule has 0 fully saturated rings. The van der Waals surface area contributed by atoms with E-state index in [0.717, 1.165) is 24.2 Å². The summed E-state index contributed by atoms with van der Waals surface area (Å²) in [5, 5.41) is 7.17. The van der Waals surface area contributed by atoms with Gasteiger partial charge in [0, 0.05) is 24.3 Å². The Bertz CT molecular complexity index is 613. The summed E-state index contributed by atoms with van der Waals surface area (Å²) in [7, 11) is 0. The van der Waals surface area contributed by atoms with Crippen molar-refractivity contribution < 1.29 is 8.78 Å². The van der Waals surface area contributed by atoms with Crippen LogP contribution < -0.4 is 5.32 Å². The van der Waals surface area contributed by atoms with Crippen molar-refractivity contribution >= 4 is 11.6 Å². The molecule has 21 heavy (non-hydrogen) atoms. The zero-order valence-electron chi connectivity index (χ0n) is 12.0. The van der Waals surface area contributed by atoms with Crippen LogP contribution in [0.5, 0.6) is 0 Å². The largest absolute Gasteiger partial charge is 0.310 e. The van der Waals surface area contributed by atoms with Gasteiger partial charge in [-0.05, 0) is 37.6 Å². The van der Waals surface area contributed by atoms with Crippen molar-refractivity contribution in [1.82, 2.24) is 15.1 Å². The van der Waals surface area contributed by atoms with Gasteiger partial charge in [-0.3, -0.25) is 4.68 Å². The minimum atomic E-state index is -0.611. The number of benzene rings is 1. The Morgan fingerprint density at radius 2 is 2.05 bits per heavy atom. The van der Waals surface area contributed by atoms with E-state index < -0.39 is 11.6 Å². The zero-order chi connectivity index (χ0) is 15.4. The highest BCUT2D eigenvalue weighted by molar-refractivity contribution is 6.30. The van der Waals surface area contributed by atoms with Gasteiger partial charge in [0.2, 0.25) is 0 Å². The Hall–Kier alpha value is -1.46. The second kappa shape index (κ2) is 7.00. The molecular weight excluding hydrogens is 296 g/mol. The van der Waals surface area contributed by atoms with E-state index in [1.54, 1.807) is 10.9 Å². The van der Waals surface area contributed by atoms with Gasteiger partial charge < -0.3 is 5.32 Å². The maximum atomic E-state index is 14.1. The second-order valence-electron chi connectivity index (χ2n) is 4.81. The first-order valence-corrected chi connectivity index (χ1v) is 7.32. The summed E-state index contributed by atoms with van der Waals surface area (Å²) >= 11 is 5.60.